The Kier molecular flexibility index (Phi) is 3.88. The number of ether oxygens (including phenoxy) is 1. The predicted molar refractivity (Wildman–Crippen MR) is 62.0 cm³/mol. The molecule has 0 aromatic carbocycles. The lowest BCUT2D eigenvalue weighted by Gasteiger charge is -2.39. The molecule has 0 aromatic heterocycles. The summed E-state index contributed by atoms with van der Waals surface area (Å²) in [5, 5.41) is 0.227. The van der Waals surface area contributed by atoms with Gasteiger partial charge >= 0.3 is 0 Å². The highest BCUT2D eigenvalue weighted by Crippen LogP contribution is 2.18. The number of allylic oxidation sites excluding steroid dienone is 2. The van der Waals surface area contributed by atoms with Crippen molar-refractivity contribution in [3.63, 3.8) is 0 Å². The Hall–Kier alpha value is -0.870. The van der Waals surface area contributed by atoms with Gasteiger partial charge in [0.25, 0.3) is 0 Å². The summed E-state index contributed by atoms with van der Waals surface area (Å²) in [6.45, 7) is 6.32. The quantitative estimate of drug-likeness (QED) is 0.548. The van der Waals surface area contributed by atoms with E-state index >= 15 is 0 Å². The van der Waals surface area contributed by atoms with Gasteiger partial charge in [-0.15, -0.1) is 0 Å². The minimum Gasteiger partial charge on any atom is -0.389 e. The maximum absolute atomic E-state index is 5.89. The van der Waals surface area contributed by atoms with Gasteiger partial charge < -0.3 is 21.1 Å². The first-order chi connectivity index (χ1) is 6.91. The summed E-state index contributed by atoms with van der Waals surface area (Å²) in [5.41, 5.74) is 11.0. The molecule has 5 heteroatoms. The van der Waals surface area contributed by atoms with Crippen molar-refractivity contribution in [3.05, 3.63) is 23.1 Å². The molecule has 1 aliphatic heterocycles. The fourth-order valence-corrected chi connectivity index (χ4v) is 1.57. The minimum atomic E-state index is -0.160. The molecule has 0 bridgehead atoms. The molecule has 0 radical (unpaired) electrons. The average molecular weight is 232 g/mol. The maximum Gasteiger partial charge on any atom is 0.0993 e. The van der Waals surface area contributed by atoms with Crippen molar-refractivity contribution in [2.45, 2.75) is 19.4 Å². The zero-order valence-corrected chi connectivity index (χ0v) is 9.92. The number of morpholine rings is 1. The molecule has 0 saturated carbocycles. The van der Waals surface area contributed by atoms with Crippen LogP contribution in [-0.2, 0) is 4.74 Å². The van der Waals surface area contributed by atoms with Crippen LogP contribution in [0.4, 0.5) is 0 Å². The van der Waals surface area contributed by atoms with Crippen molar-refractivity contribution in [1.82, 2.24) is 4.90 Å². The van der Waals surface area contributed by atoms with E-state index in [0.717, 1.165) is 13.1 Å². The van der Waals surface area contributed by atoms with Gasteiger partial charge in [0.15, 0.2) is 0 Å². The van der Waals surface area contributed by atoms with Gasteiger partial charge in [-0.2, -0.15) is 0 Å². The van der Waals surface area contributed by atoms with Crippen LogP contribution in [0.3, 0.4) is 0 Å². The first-order valence-corrected chi connectivity index (χ1v) is 5.26. The van der Waals surface area contributed by atoms with E-state index in [2.05, 4.69) is 4.90 Å². The lowest BCUT2D eigenvalue weighted by atomic mass is 10.1. The highest BCUT2D eigenvalue weighted by Gasteiger charge is 2.27. The second-order valence-corrected chi connectivity index (χ2v) is 4.61. The van der Waals surface area contributed by atoms with Gasteiger partial charge in [-0.3, -0.25) is 0 Å². The topological polar surface area (TPSA) is 64.5 Å². The lowest BCUT2D eigenvalue weighted by Crippen LogP contribution is -2.48. The molecule has 4 N–H and O–H groups in total. The summed E-state index contributed by atoms with van der Waals surface area (Å²) < 4.78 is 5.58. The van der Waals surface area contributed by atoms with Crippen LogP contribution in [0, 0.1) is 0 Å². The first kappa shape index (κ1) is 12.2. The Balaban J connectivity index is 2.64. The third kappa shape index (κ3) is 4.01. The number of hydrogen-bond donors (Lipinski definition) is 2. The number of halogens is 1. The van der Waals surface area contributed by atoms with Crippen LogP contribution >= 0.6 is 11.6 Å². The van der Waals surface area contributed by atoms with Crippen molar-refractivity contribution in [2.75, 3.05) is 19.7 Å². The number of rotatable bonds is 2. The highest BCUT2D eigenvalue weighted by atomic mass is 35.5. The van der Waals surface area contributed by atoms with Gasteiger partial charge in [0.1, 0.15) is 0 Å². The van der Waals surface area contributed by atoms with Crippen molar-refractivity contribution in [3.8, 4) is 0 Å². The molecule has 0 spiro atoms. The minimum absolute atomic E-state index is 0.160. The summed E-state index contributed by atoms with van der Waals surface area (Å²) in [6, 6.07) is 0. The van der Waals surface area contributed by atoms with Gasteiger partial charge in [-0.05, 0) is 26.0 Å². The van der Waals surface area contributed by atoms with Crippen LogP contribution in [0.2, 0.25) is 0 Å². The summed E-state index contributed by atoms with van der Waals surface area (Å²) in [4.78, 5) is 2.06. The number of hydrogen-bond acceptors (Lipinski definition) is 4. The molecule has 15 heavy (non-hydrogen) atoms. The molecule has 1 aliphatic rings. The maximum atomic E-state index is 5.89. The van der Waals surface area contributed by atoms with Crippen molar-refractivity contribution < 1.29 is 4.74 Å². The van der Waals surface area contributed by atoms with E-state index in [-0.39, 0.29) is 10.8 Å². The Morgan fingerprint density at radius 3 is 2.60 bits per heavy atom. The van der Waals surface area contributed by atoms with E-state index in [1.807, 2.05) is 13.8 Å². The fraction of sp³-hybridized carbons (Fsp3) is 0.600. The monoisotopic (exact) mass is 231 g/mol. The van der Waals surface area contributed by atoms with Crippen LogP contribution in [-0.4, -0.2) is 30.2 Å². The van der Waals surface area contributed by atoms with Gasteiger partial charge in [-0.1, -0.05) is 11.6 Å². The second-order valence-electron chi connectivity index (χ2n) is 4.17. The third-order valence-electron chi connectivity index (χ3n) is 2.20. The molecule has 0 unspecified atom stereocenters. The summed E-state index contributed by atoms with van der Waals surface area (Å²) in [5.74, 6) is 0.662. The van der Waals surface area contributed by atoms with Gasteiger partial charge in [0.2, 0.25) is 0 Å². The van der Waals surface area contributed by atoms with Crippen molar-refractivity contribution in [2.24, 2.45) is 11.5 Å². The highest BCUT2D eigenvalue weighted by molar-refractivity contribution is 6.29. The lowest BCUT2D eigenvalue weighted by molar-refractivity contribution is -0.0770. The summed E-state index contributed by atoms with van der Waals surface area (Å²) in [6.07, 6.45) is 3.29. The first-order valence-electron chi connectivity index (χ1n) is 4.88. The molecule has 0 aliphatic carbocycles. The standard InChI is InChI=1S/C10H18ClN3O/c1-10(2)7-14(5-6-15-10)9(13)4-3-8(11)12/h3-4H,5-7,12-13H2,1-2H3/b8-3-,9-4+. The van der Waals surface area contributed by atoms with Crippen molar-refractivity contribution in [1.29, 1.82) is 0 Å². The Bertz CT molecular complexity index is 282. The van der Waals surface area contributed by atoms with E-state index in [9.17, 15) is 0 Å². The van der Waals surface area contributed by atoms with Crippen LogP contribution < -0.4 is 11.5 Å². The van der Waals surface area contributed by atoms with Crippen LogP contribution in [0.25, 0.3) is 0 Å². The van der Waals surface area contributed by atoms with Gasteiger partial charge in [0, 0.05) is 13.1 Å². The molecule has 1 fully saturated rings. The zero-order valence-electron chi connectivity index (χ0n) is 9.16. The Labute approximate surface area is 95.5 Å². The molecule has 4 nitrogen and oxygen atoms in total. The Morgan fingerprint density at radius 1 is 1.40 bits per heavy atom. The van der Waals surface area contributed by atoms with Crippen LogP contribution in [0.1, 0.15) is 13.8 Å². The number of nitrogens with two attached hydrogens (primary N) is 2. The molecule has 0 atom stereocenters. The normalized spacial score (nSPS) is 23.0. The van der Waals surface area contributed by atoms with E-state index in [4.69, 9.17) is 27.8 Å². The van der Waals surface area contributed by atoms with Gasteiger partial charge in [-0.25, -0.2) is 0 Å². The van der Waals surface area contributed by atoms with E-state index < -0.39 is 0 Å². The molecule has 1 heterocycles. The van der Waals surface area contributed by atoms with Crippen LogP contribution in [0.5, 0.6) is 0 Å². The zero-order chi connectivity index (χ0) is 11.5. The molecular weight excluding hydrogens is 214 g/mol. The van der Waals surface area contributed by atoms with E-state index in [0.29, 0.717) is 12.4 Å². The second kappa shape index (κ2) is 4.77. The smallest absolute Gasteiger partial charge is 0.0993 e. The van der Waals surface area contributed by atoms with Crippen molar-refractivity contribution >= 4 is 11.6 Å². The average Bonchev–Trinajstić information content (AvgIpc) is 2.12. The SMILES string of the molecule is CC1(C)CN(/C(N)=C/C=C(\N)Cl)CCO1. The third-order valence-corrected chi connectivity index (χ3v) is 2.33. The summed E-state index contributed by atoms with van der Waals surface area (Å²) in [7, 11) is 0. The molecule has 0 aromatic rings. The number of nitrogens with zero attached hydrogens (tertiary/aromatic N) is 1. The van der Waals surface area contributed by atoms with Crippen LogP contribution in [0.15, 0.2) is 23.1 Å². The molecular formula is C10H18ClN3O. The summed E-state index contributed by atoms with van der Waals surface area (Å²) >= 11 is 5.51. The Morgan fingerprint density at radius 2 is 2.07 bits per heavy atom. The molecule has 1 rings (SSSR count). The molecule has 1 saturated heterocycles. The fourth-order valence-electron chi connectivity index (χ4n) is 1.51. The predicted octanol–water partition coefficient (Wildman–Crippen LogP) is 0.936. The van der Waals surface area contributed by atoms with E-state index in [1.54, 1.807) is 12.2 Å². The molecule has 86 valence electrons. The van der Waals surface area contributed by atoms with Gasteiger partial charge in [0.05, 0.1) is 23.2 Å². The molecule has 0 amide bonds. The largest absolute Gasteiger partial charge is 0.389 e. The van der Waals surface area contributed by atoms with E-state index in [1.165, 1.54) is 0 Å².